The van der Waals surface area contributed by atoms with Gasteiger partial charge in [0, 0.05) is 24.7 Å². The lowest BCUT2D eigenvalue weighted by Crippen LogP contribution is -2.78. The third kappa shape index (κ3) is 4.38. The number of benzene rings is 1. The molecule has 0 saturated carbocycles. The monoisotopic (exact) mass is 620 g/mol. The third-order valence-corrected chi connectivity index (χ3v) is 8.66. The van der Waals surface area contributed by atoms with Gasteiger partial charge in [-0.2, -0.15) is 18.3 Å². The molecule has 15 nitrogen and oxygen atoms in total. The van der Waals surface area contributed by atoms with Crippen molar-refractivity contribution in [2.75, 3.05) is 19.7 Å². The van der Waals surface area contributed by atoms with Gasteiger partial charge < -0.3 is 47.3 Å². The number of nitrogens with zero attached hydrogens (tertiary/aromatic N) is 4. The summed E-state index contributed by atoms with van der Waals surface area (Å²) in [5.74, 6) is -4.26. The van der Waals surface area contributed by atoms with E-state index in [4.69, 9.17) is 16.2 Å². The van der Waals surface area contributed by atoms with E-state index >= 15 is 0 Å². The molecule has 10 N–H and O–H groups in total. The zero-order valence-electron chi connectivity index (χ0n) is 23.6. The molecule has 4 aliphatic rings. The van der Waals surface area contributed by atoms with E-state index in [1.54, 1.807) is 17.2 Å². The van der Waals surface area contributed by atoms with Crippen molar-refractivity contribution in [3.8, 4) is 5.75 Å². The van der Waals surface area contributed by atoms with Gasteiger partial charge >= 0.3 is 6.18 Å². The fraction of sp³-hybridized carbons (Fsp3) is 0.500. The number of alkyl halides is 3. The lowest BCUT2D eigenvalue weighted by molar-refractivity contribution is -0.230. The number of amides is 2. The minimum absolute atomic E-state index is 0.177. The lowest BCUT2D eigenvalue weighted by atomic mass is 9.79. The van der Waals surface area contributed by atoms with Crippen molar-refractivity contribution < 1.29 is 37.7 Å². The summed E-state index contributed by atoms with van der Waals surface area (Å²) >= 11 is 0. The highest BCUT2D eigenvalue weighted by Crippen LogP contribution is 2.45. The van der Waals surface area contributed by atoms with Crippen molar-refractivity contribution in [1.29, 1.82) is 0 Å². The Bertz CT molecular complexity index is 1590. The van der Waals surface area contributed by atoms with Crippen molar-refractivity contribution in [3.05, 3.63) is 46.8 Å². The first-order chi connectivity index (χ1) is 20.6. The zero-order chi connectivity index (χ0) is 31.8. The highest BCUT2D eigenvalue weighted by molar-refractivity contribution is 5.98. The summed E-state index contributed by atoms with van der Waals surface area (Å²) in [4.78, 5) is 36.1. The molecule has 1 aromatic carbocycles. The number of aliphatic hydroxyl groups is 2. The standard InChI is InChI=1S/C26H31F3N10O5/c1-23(2)6-7-44-17-11(4-3-5-12(17)23)19(40)34-16-10-39-22(31)33-14(18-24(39,25(16,42)43)36-21(30)35-18)9-32-20(41)13-8-15(38-37-13)26(27,28)29/h3-5,8,14,16,18,42-43H,6-7,9-10H2,1-2H3,(H2,31,33)(H,32,41)(H,34,40)(H,37,38)(H3,30,35,36)/t14-,16-,18-,24-/m0/s1. The zero-order valence-corrected chi connectivity index (χ0v) is 23.6. The summed E-state index contributed by atoms with van der Waals surface area (Å²) < 4.78 is 44.6. The largest absolute Gasteiger partial charge is 0.492 e. The molecule has 4 aliphatic heterocycles. The van der Waals surface area contributed by atoms with Crippen LogP contribution in [0.15, 0.2) is 34.3 Å². The molecule has 1 aromatic heterocycles. The molecule has 0 bridgehead atoms. The van der Waals surface area contributed by atoms with Crippen LogP contribution < -0.4 is 32.2 Å². The number of carbonyl (C=O) groups excluding carboxylic acids is 2. The number of aliphatic imine (C=N–C) groups is 2. The summed E-state index contributed by atoms with van der Waals surface area (Å²) in [6.45, 7) is 3.95. The smallest absolute Gasteiger partial charge is 0.432 e. The minimum Gasteiger partial charge on any atom is -0.492 e. The number of guanidine groups is 2. The van der Waals surface area contributed by atoms with Gasteiger partial charge in [0.15, 0.2) is 23.3 Å². The second-order valence-electron chi connectivity index (χ2n) is 11.8. The van der Waals surface area contributed by atoms with E-state index in [1.165, 1.54) is 4.90 Å². The molecule has 1 fully saturated rings. The number of hydrogen-bond donors (Lipinski definition) is 8. The predicted molar refractivity (Wildman–Crippen MR) is 147 cm³/mol. The third-order valence-electron chi connectivity index (χ3n) is 8.66. The topological polar surface area (TPSA) is 229 Å². The number of nitrogens with one attached hydrogen (secondary N) is 4. The Balaban J connectivity index is 1.24. The SMILES string of the molecule is CC1(C)CCOc2c(C(=O)N[C@H]3CN4C(N)=N[C@@H](CNC(=O)c5cc(C(F)(F)F)[nH]n5)[C@@H]5N=C(N)N[C@@]54C3(O)O)cccc21. The first kappa shape index (κ1) is 29.5. The Morgan fingerprint density at radius 3 is 2.66 bits per heavy atom. The molecule has 2 amide bonds. The van der Waals surface area contributed by atoms with Crippen LogP contribution in [0.3, 0.4) is 0 Å². The fourth-order valence-electron chi connectivity index (χ4n) is 6.31. The van der Waals surface area contributed by atoms with Crippen molar-refractivity contribution in [2.24, 2.45) is 21.5 Å². The molecule has 1 saturated heterocycles. The first-order valence-electron chi connectivity index (χ1n) is 13.7. The van der Waals surface area contributed by atoms with Crippen LogP contribution in [0.4, 0.5) is 13.2 Å². The molecule has 236 valence electrons. The predicted octanol–water partition coefficient (Wildman–Crippen LogP) is -1.31. The van der Waals surface area contributed by atoms with Gasteiger partial charge in [-0.05, 0) is 17.9 Å². The average Bonchev–Trinajstić information content (AvgIpc) is 3.63. The van der Waals surface area contributed by atoms with Crippen LogP contribution >= 0.6 is 0 Å². The van der Waals surface area contributed by atoms with Gasteiger partial charge in [0.1, 0.15) is 23.5 Å². The molecule has 5 heterocycles. The van der Waals surface area contributed by atoms with Gasteiger partial charge in [-0.1, -0.05) is 26.0 Å². The van der Waals surface area contributed by atoms with Crippen LogP contribution in [-0.2, 0) is 11.6 Å². The number of aromatic amines is 1. The summed E-state index contributed by atoms with van der Waals surface area (Å²) in [6, 6.07) is 2.19. The minimum atomic E-state index is -4.73. The van der Waals surface area contributed by atoms with E-state index in [0.717, 1.165) is 12.0 Å². The Morgan fingerprint density at radius 1 is 1.20 bits per heavy atom. The molecular formula is C26H31F3N10O5. The number of halogens is 3. The molecule has 44 heavy (non-hydrogen) atoms. The van der Waals surface area contributed by atoms with Crippen LogP contribution in [0.2, 0.25) is 0 Å². The van der Waals surface area contributed by atoms with Gasteiger partial charge in [0.05, 0.1) is 18.2 Å². The quantitative estimate of drug-likeness (QED) is 0.184. The average molecular weight is 621 g/mol. The molecule has 0 aliphatic carbocycles. The number of H-pyrrole nitrogens is 1. The lowest BCUT2D eigenvalue weighted by Gasteiger charge is -2.49. The van der Waals surface area contributed by atoms with E-state index in [2.05, 4.69) is 31.0 Å². The van der Waals surface area contributed by atoms with Crippen molar-refractivity contribution in [3.63, 3.8) is 0 Å². The summed E-state index contributed by atoms with van der Waals surface area (Å²) in [5, 5.41) is 36.4. The number of fused-ring (bicyclic) bond motifs is 1. The van der Waals surface area contributed by atoms with Crippen LogP contribution in [-0.4, -0.2) is 98.3 Å². The normalized spacial score (nSPS) is 28.0. The second-order valence-corrected chi connectivity index (χ2v) is 11.8. The molecule has 4 atom stereocenters. The Kier molecular flexibility index (Phi) is 6.51. The van der Waals surface area contributed by atoms with E-state index in [-0.39, 0.29) is 36.0 Å². The Hall–Kier alpha value is -4.58. The van der Waals surface area contributed by atoms with Gasteiger partial charge in [-0.15, -0.1) is 0 Å². The van der Waals surface area contributed by atoms with Gasteiger partial charge in [0.25, 0.3) is 11.8 Å². The van der Waals surface area contributed by atoms with Gasteiger partial charge in [-0.25, -0.2) is 9.98 Å². The van der Waals surface area contributed by atoms with Crippen LogP contribution in [0.25, 0.3) is 0 Å². The number of hydrogen-bond acceptors (Lipinski definition) is 12. The first-order valence-corrected chi connectivity index (χ1v) is 13.7. The number of ether oxygens (including phenoxy) is 1. The number of aromatic nitrogens is 2. The molecule has 2 aromatic rings. The van der Waals surface area contributed by atoms with Crippen LogP contribution in [0.5, 0.6) is 5.75 Å². The summed E-state index contributed by atoms with van der Waals surface area (Å²) in [6.07, 6.45) is -3.97. The molecular weight excluding hydrogens is 589 g/mol. The highest BCUT2D eigenvalue weighted by atomic mass is 19.4. The Morgan fingerprint density at radius 2 is 1.95 bits per heavy atom. The number of rotatable bonds is 5. The molecule has 0 unspecified atom stereocenters. The van der Waals surface area contributed by atoms with Crippen molar-refractivity contribution in [2.45, 2.75) is 61.4 Å². The van der Waals surface area contributed by atoms with Crippen molar-refractivity contribution in [1.82, 2.24) is 31.0 Å². The van der Waals surface area contributed by atoms with E-state index < -0.39 is 59.0 Å². The summed E-state index contributed by atoms with van der Waals surface area (Å²) in [5.41, 5.74) is 9.43. The van der Waals surface area contributed by atoms with E-state index in [9.17, 15) is 33.0 Å². The maximum atomic E-state index is 13.6. The number of carbonyl (C=O) groups is 2. The summed E-state index contributed by atoms with van der Waals surface area (Å²) in [7, 11) is 0. The van der Waals surface area contributed by atoms with Gasteiger partial charge in [-0.3, -0.25) is 14.7 Å². The fourth-order valence-corrected chi connectivity index (χ4v) is 6.31. The van der Waals surface area contributed by atoms with Gasteiger partial charge in [0.2, 0.25) is 5.79 Å². The van der Waals surface area contributed by atoms with Crippen LogP contribution in [0.1, 0.15) is 52.4 Å². The maximum absolute atomic E-state index is 13.6. The molecule has 18 heteroatoms. The van der Waals surface area contributed by atoms with E-state index in [0.29, 0.717) is 18.4 Å². The Labute approximate surface area is 247 Å². The maximum Gasteiger partial charge on any atom is 0.432 e. The van der Waals surface area contributed by atoms with E-state index in [1.807, 2.05) is 19.9 Å². The number of para-hydroxylation sites is 1. The molecule has 0 radical (unpaired) electrons. The molecule has 1 spiro atoms. The highest BCUT2D eigenvalue weighted by Gasteiger charge is 2.73. The second kappa shape index (κ2) is 9.71. The van der Waals surface area contributed by atoms with Crippen molar-refractivity contribution >= 4 is 23.7 Å². The van der Waals surface area contributed by atoms with Crippen LogP contribution in [0, 0.1) is 0 Å². The molecule has 6 rings (SSSR count). The number of nitrogens with two attached hydrogens (primary N) is 2.